The van der Waals surface area contributed by atoms with Gasteiger partial charge in [-0.2, -0.15) is 5.10 Å². The lowest BCUT2D eigenvalue weighted by atomic mass is 9.98. The minimum Gasteiger partial charge on any atom is -0.497 e. The molecule has 1 amide bonds. The number of hydrogen-bond acceptors (Lipinski definition) is 6. The van der Waals surface area contributed by atoms with Gasteiger partial charge >= 0.3 is 5.97 Å². The van der Waals surface area contributed by atoms with E-state index in [1.54, 1.807) is 41.6 Å². The van der Waals surface area contributed by atoms with Crippen molar-refractivity contribution >= 4 is 29.1 Å². The molecule has 2 aromatic carbocycles. The smallest absolute Gasteiger partial charge is 0.310 e. The number of fused-ring (bicyclic) bond motifs is 1. The number of ether oxygens (including phenoxy) is 2. The molecule has 0 N–H and O–H groups in total. The van der Waals surface area contributed by atoms with Gasteiger partial charge in [0.1, 0.15) is 11.4 Å². The Hall–Kier alpha value is -3.91. The largest absolute Gasteiger partial charge is 0.497 e. The van der Waals surface area contributed by atoms with Crippen LogP contribution in [0.2, 0.25) is 5.02 Å². The van der Waals surface area contributed by atoms with Gasteiger partial charge in [0.15, 0.2) is 5.65 Å². The number of likely N-dealkylation sites (tertiary alicyclic amines) is 1. The molecule has 1 atom stereocenters. The second kappa shape index (κ2) is 10.6. The van der Waals surface area contributed by atoms with Gasteiger partial charge in [0.2, 0.25) is 0 Å². The van der Waals surface area contributed by atoms with Crippen molar-refractivity contribution in [3.05, 3.63) is 71.4 Å². The molecule has 1 aliphatic heterocycles. The molecule has 190 valence electrons. The number of hydrogen-bond donors (Lipinski definition) is 0. The maximum absolute atomic E-state index is 13.9. The van der Waals surface area contributed by atoms with Crippen molar-refractivity contribution in [1.29, 1.82) is 0 Å². The van der Waals surface area contributed by atoms with E-state index in [1.807, 2.05) is 42.5 Å². The fraction of sp³-hybridized carbons (Fsp3) is 0.286. The van der Waals surface area contributed by atoms with E-state index in [0.717, 1.165) is 23.3 Å². The summed E-state index contributed by atoms with van der Waals surface area (Å²) in [4.78, 5) is 32.8. The summed E-state index contributed by atoms with van der Waals surface area (Å²) in [5, 5.41) is 5.36. The van der Waals surface area contributed by atoms with Crippen molar-refractivity contribution in [2.24, 2.45) is 5.92 Å². The van der Waals surface area contributed by atoms with E-state index in [4.69, 9.17) is 31.2 Å². The predicted octanol–water partition coefficient (Wildman–Crippen LogP) is 5.14. The Kier molecular flexibility index (Phi) is 7.10. The molecule has 3 heterocycles. The van der Waals surface area contributed by atoms with Crippen molar-refractivity contribution in [3.8, 4) is 28.3 Å². The molecule has 1 saturated heterocycles. The third-order valence-electron chi connectivity index (χ3n) is 6.50. The number of carbonyl (C=O) groups is 2. The fourth-order valence-electron chi connectivity index (χ4n) is 4.57. The van der Waals surface area contributed by atoms with Crippen molar-refractivity contribution in [2.75, 3.05) is 26.8 Å². The summed E-state index contributed by atoms with van der Waals surface area (Å²) in [7, 11) is 1.61. The van der Waals surface area contributed by atoms with Crippen molar-refractivity contribution in [3.63, 3.8) is 0 Å². The number of methoxy groups -OCH3 is 1. The highest BCUT2D eigenvalue weighted by molar-refractivity contribution is 6.30. The van der Waals surface area contributed by atoms with Crippen LogP contribution in [0.1, 0.15) is 30.3 Å². The van der Waals surface area contributed by atoms with Gasteiger partial charge in [0.05, 0.1) is 31.0 Å². The topological polar surface area (TPSA) is 86.0 Å². The molecule has 0 spiro atoms. The molecule has 0 bridgehead atoms. The number of aromatic nitrogens is 3. The first kappa shape index (κ1) is 24.8. The molecule has 1 aliphatic rings. The van der Waals surface area contributed by atoms with Crippen LogP contribution in [-0.2, 0) is 9.53 Å². The molecular formula is C28H27ClN4O4. The van der Waals surface area contributed by atoms with E-state index >= 15 is 0 Å². The second-order valence-electron chi connectivity index (χ2n) is 8.90. The fourth-order valence-corrected chi connectivity index (χ4v) is 4.70. The van der Waals surface area contributed by atoms with Crippen LogP contribution >= 0.6 is 11.6 Å². The predicted molar refractivity (Wildman–Crippen MR) is 141 cm³/mol. The maximum Gasteiger partial charge on any atom is 0.310 e. The van der Waals surface area contributed by atoms with Gasteiger partial charge in [0, 0.05) is 35.3 Å². The third-order valence-corrected chi connectivity index (χ3v) is 6.75. The monoisotopic (exact) mass is 518 g/mol. The second-order valence-corrected chi connectivity index (χ2v) is 9.34. The van der Waals surface area contributed by atoms with Gasteiger partial charge in [-0.1, -0.05) is 23.7 Å². The van der Waals surface area contributed by atoms with E-state index in [-0.39, 0.29) is 17.8 Å². The minimum absolute atomic E-state index is 0.207. The lowest BCUT2D eigenvalue weighted by molar-refractivity contribution is -0.149. The highest BCUT2D eigenvalue weighted by Crippen LogP contribution is 2.28. The summed E-state index contributed by atoms with van der Waals surface area (Å²) < 4.78 is 12.1. The first-order chi connectivity index (χ1) is 18.0. The van der Waals surface area contributed by atoms with Crippen molar-refractivity contribution < 1.29 is 19.1 Å². The Morgan fingerprint density at radius 3 is 2.43 bits per heavy atom. The number of esters is 1. The van der Waals surface area contributed by atoms with Crippen LogP contribution in [0.5, 0.6) is 5.75 Å². The lowest BCUT2D eigenvalue weighted by Crippen LogP contribution is -2.43. The first-order valence-electron chi connectivity index (χ1n) is 12.2. The van der Waals surface area contributed by atoms with Crippen LogP contribution in [-0.4, -0.2) is 58.2 Å². The SMILES string of the molecule is CCOC(=O)C1CCCN(C(=O)c2cc(-c3ccc(OC)cc3)nc3cc(-c4ccc(Cl)cc4)nn23)C1. The highest BCUT2D eigenvalue weighted by atomic mass is 35.5. The van der Waals surface area contributed by atoms with Crippen LogP contribution in [0.4, 0.5) is 0 Å². The zero-order chi connectivity index (χ0) is 25.9. The molecule has 2 aromatic heterocycles. The van der Waals surface area contributed by atoms with E-state index < -0.39 is 0 Å². The summed E-state index contributed by atoms with van der Waals surface area (Å²) in [6.07, 6.45) is 1.43. The highest BCUT2D eigenvalue weighted by Gasteiger charge is 2.31. The Balaban J connectivity index is 1.57. The maximum atomic E-state index is 13.9. The summed E-state index contributed by atoms with van der Waals surface area (Å²) >= 11 is 6.06. The Morgan fingerprint density at radius 2 is 1.73 bits per heavy atom. The summed E-state index contributed by atoms with van der Waals surface area (Å²) in [5.41, 5.74) is 3.93. The van der Waals surface area contributed by atoms with Crippen LogP contribution in [0.3, 0.4) is 0 Å². The van der Waals surface area contributed by atoms with Gasteiger partial charge in [-0.3, -0.25) is 9.59 Å². The molecule has 0 radical (unpaired) electrons. The summed E-state index contributed by atoms with van der Waals surface area (Å²) in [5.74, 6) is -0.0723. The summed E-state index contributed by atoms with van der Waals surface area (Å²) in [6.45, 7) is 2.97. The molecule has 9 heteroatoms. The molecule has 4 aromatic rings. The standard InChI is InChI=1S/C28H27ClN4O4/c1-3-37-28(35)20-5-4-14-32(17-20)27(34)25-15-23(18-8-12-22(36-2)13-9-18)30-26-16-24(31-33(25)26)19-6-10-21(29)11-7-19/h6-13,15-16,20H,3-5,14,17H2,1-2H3. The summed E-state index contributed by atoms with van der Waals surface area (Å²) in [6, 6.07) is 18.5. The molecule has 37 heavy (non-hydrogen) atoms. The van der Waals surface area contributed by atoms with Crippen LogP contribution in [0, 0.1) is 5.92 Å². The Bertz CT molecular complexity index is 1430. The number of halogens is 1. The van der Waals surface area contributed by atoms with Crippen molar-refractivity contribution in [1.82, 2.24) is 19.5 Å². The average Bonchev–Trinajstić information content (AvgIpc) is 3.37. The van der Waals surface area contributed by atoms with E-state index in [9.17, 15) is 9.59 Å². The zero-order valence-corrected chi connectivity index (χ0v) is 21.4. The molecule has 1 fully saturated rings. The van der Waals surface area contributed by atoms with Gasteiger partial charge in [-0.05, 0) is 62.2 Å². The normalized spacial score (nSPS) is 15.5. The molecule has 8 nitrogen and oxygen atoms in total. The van der Waals surface area contributed by atoms with Crippen LogP contribution < -0.4 is 4.74 Å². The van der Waals surface area contributed by atoms with Gasteiger partial charge in [-0.15, -0.1) is 0 Å². The van der Waals surface area contributed by atoms with E-state index in [2.05, 4.69) is 0 Å². The average molecular weight is 519 g/mol. The molecule has 5 rings (SSSR count). The Labute approximate surface area is 219 Å². The molecule has 0 aliphatic carbocycles. The lowest BCUT2D eigenvalue weighted by Gasteiger charge is -2.31. The van der Waals surface area contributed by atoms with Gasteiger partial charge < -0.3 is 14.4 Å². The molecular weight excluding hydrogens is 492 g/mol. The number of carbonyl (C=O) groups excluding carboxylic acids is 2. The number of benzene rings is 2. The van der Waals surface area contributed by atoms with E-state index in [0.29, 0.717) is 53.9 Å². The molecule has 1 unspecified atom stereocenters. The van der Waals surface area contributed by atoms with Gasteiger partial charge in [0.25, 0.3) is 5.91 Å². The number of amides is 1. The number of nitrogens with zero attached hydrogens (tertiary/aromatic N) is 4. The Morgan fingerprint density at radius 1 is 1.03 bits per heavy atom. The van der Waals surface area contributed by atoms with Crippen LogP contribution in [0.25, 0.3) is 28.2 Å². The number of rotatable bonds is 6. The third kappa shape index (κ3) is 5.15. The van der Waals surface area contributed by atoms with Crippen LogP contribution in [0.15, 0.2) is 60.7 Å². The first-order valence-corrected chi connectivity index (χ1v) is 12.6. The number of piperidine rings is 1. The minimum atomic E-state index is -0.335. The van der Waals surface area contributed by atoms with E-state index in [1.165, 1.54) is 0 Å². The zero-order valence-electron chi connectivity index (χ0n) is 20.7. The van der Waals surface area contributed by atoms with Gasteiger partial charge in [-0.25, -0.2) is 9.50 Å². The molecule has 0 saturated carbocycles. The quantitative estimate of drug-likeness (QED) is 0.328. The van der Waals surface area contributed by atoms with Crippen molar-refractivity contribution in [2.45, 2.75) is 19.8 Å².